The minimum Gasteiger partial charge on any atom is -0.396 e. The molecule has 1 saturated heterocycles. The van der Waals surface area contributed by atoms with Gasteiger partial charge in [-0.25, -0.2) is 14.4 Å². The predicted molar refractivity (Wildman–Crippen MR) is 147 cm³/mol. The number of carbonyl (C=O) groups is 2. The van der Waals surface area contributed by atoms with E-state index in [4.69, 9.17) is 0 Å². The Morgan fingerprint density at radius 3 is 2.35 bits per heavy atom. The van der Waals surface area contributed by atoms with E-state index in [9.17, 15) is 24.2 Å². The summed E-state index contributed by atoms with van der Waals surface area (Å²) in [5.74, 6) is 0.0806. The Kier molecular flexibility index (Phi) is 8.49. The Labute approximate surface area is 232 Å². The molecular formula is C30H34FN5O4. The molecular weight excluding hydrogens is 513 g/mol. The summed E-state index contributed by atoms with van der Waals surface area (Å²) in [5.41, 5.74) is 1.61. The largest absolute Gasteiger partial charge is 0.396 e. The first-order chi connectivity index (χ1) is 19.4. The first-order valence-electron chi connectivity index (χ1n) is 13.6. The third kappa shape index (κ3) is 6.35. The number of benzene rings is 2. The van der Waals surface area contributed by atoms with Crippen LogP contribution in [0, 0.1) is 11.2 Å². The summed E-state index contributed by atoms with van der Waals surface area (Å²) in [6, 6.07) is 14.8. The highest BCUT2D eigenvalue weighted by molar-refractivity contribution is 5.98. The van der Waals surface area contributed by atoms with Gasteiger partial charge >= 0.3 is 0 Å². The fourth-order valence-corrected chi connectivity index (χ4v) is 5.20. The average Bonchev–Trinajstić information content (AvgIpc) is 3.75. The van der Waals surface area contributed by atoms with Gasteiger partial charge in [0.1, 0.15) is 11.9 Å². The smallest absolute Gasteiger partial charge is 0.251 e. The maximum atomic E-state index is 13.3. The molecule has 2 aliphatic rings. The van der Waals surface area contributed by atoms with Crippen molar-refractivity contribution < 1.29 is 24.2 Å². The van der Waals surface area contributed by atoms with Crippen molar-refractivity contribution in [3.05, 3.63) is 83.9 Å². The van der Waals surface area contributed by atoms with Crippen LogP contribution in [0.3, 0.4) is 0 Å². The highest BCUT2D eigenvalue weighted by atomic mass is 19.1. The molecule has 0 radical (unpaired) electrons. The number of nitrogens with zero attached hydrogens (tertiary/aromatic N) is 3. The highest BCUT2D eigenvalue weighted by Crippen LogP contribution is 2.40. The molecule has 0 spiro atoms. The number of aliphatic hydroxyl groups is 2. The quantitative estimate of drug-likeness (QED) is 0.256. The number of hydrogen-bond acceptors (Lipinski definition) is 7. The summed E-state index contributed by atoms with van der Waals surface area (Å²) in [7, 11) is 0. The standard InChI is InChI=1S/C30H34FN5O4/c31-23-10-8-20(9-11-23)24-15-26(24)32-12-1-3-25(29(40)36-16-30(17-36,18-37)19-38)35-28(39)22-6-4-21(5-7-22)27-33-13-2-14-34-27/h2,4-11,13-14,24-26,32,37-38H,1,3,12,15-19H2,(H,35,39)/t24-,25-,26+/m0/s1. The molecule has 9 nitrogen and oxygen atoms in total. The van der Waals surface area contributed by atoms with E-state index < -0.39 is 11.5 Å². The molecule has 3 aromatic rings. The zero-order valence-corrected chi connectivity index (χ0v) is 22.2. The maximum Gasteiger partial charge on any atom is 0.251 e. The fourth-order valence-electron chi connectivity index (χ4n) is 5.20. The molecule has 210 valence electrons. The SMILES string of the molecule is O=C(N[C@@H](CCCN[C@@H]1C[C@H]1c1ccc(F)cc1)C(=O)N1CC(CO)(CO)C1)c1ccc(-c2ncccn2)cc1. The van der Waals surface area contributed by atoms with Crippen LogP contribution < -0.4 is 10.6 Å². The lowest BCUT2D eigenvalue weighted by atomic mass is 9.81. The van der Waals surface area contributed by atoms with Crippen molar-refractivity contribution in [3.63, 3.8) is 0 Å². The van der Waals surface area contributed by atoms with Crippen molar-refractivity contribution in [1.82, 2.24) is 25.5 Å². The van der Waals surface area contributed by atoms with E-state index in [1.165, 1.54) is 12.1 Å². The zero-order valence-electron chi connectivity index (χ0n) is 22.2. The zero-order chi connectivity index (χ0) is 28.1. The van der Waals surface area contributed by atoms with Crippen molar-refractivity contribution in [2.24, 2.45) is 5.41 Å². The number of carbonyl (C=O) groups excluding carboxylic acids is 2. The number of aliphatic hydroxyl groups excluding tert-OH is 2. The van der Waals surface area contributed by atoms with Gasteiger partial charge in [-0.15, -0.1) is 0 Å². The van der Waals surface area contributed by atoms with Crippen molar-refractivity contribution in [1.29, 1.82) is 0 Å². The molecule has 3 atom stereocenters. The van der Waals surface area contributed by atoms with Gasteiger partial charge in [0, 0.05) is 48.6 Å². The van der Waals surface area contributed by atoms with Crippen LogP contribution in [-0.4, -0.2) is 81.8 Å². The summed E-state index contributed by atoms with van der Waals surface area (Å²) < 4.78 is 13.2. The molecule has 2 amide bonds. The molecule has 1 aliphatic carbocycles. The van der Waals surface area contributed by atoms with E-state index in [-0.39, 0.29) is 43.9 Å². The van der Waals surface area contributed by atoms with E-state index in [1.54, 1.807) is 47.6 Å². The van der Waals surface area contributed by atoms with Crippen molar-refractivity contribution in [2.45, 2.75) is 37.3 Å². The first-order valence-corrected chi connectivity index (χ1v) is 13.6. The van der Waals surface area contributed by atoms with Gasteiger partial charge in [-0.2, -0.15) is 0 Å². The van der Waals surface area contributed by atoms with Gasteiger partial charge in [-0.05, 0) is 61.7 Å². The van der Waals surface area contributed by atoms with Crippen LogP contribution in [0.15, 0.2) is 67.0 Å². The second kappa shape index (κ2) is 12.2. The predicted octanol–water partition coefficient (Wildman–Crippen LogP) is 2.12. The molecule has 1 aliphatic heterocycles. The van der Waals surface area contributed by atoms with Crippen LogP contribution in [0.4, 0.5) is 4.39 Å². The maximum absolute atomic E-state index is 13.3. The van der Waals surface area contributed by atoms with Gasteiger partial charge in [0.05, 0.1) is 18.6 Å². The second-order valence-electron chi connectivity index (χ2n) is 10.8. The van der Waals surface area contributed by atoms with Gasteiger partial charge in [-0.3, -0.25) is 9.59 Å². The minimum atomic E-state index is -0.742. The molecule has 2 heterocycles. The van der Waals surface area contributed by atoms with Crippen molar-refractivity contribution in [2.75, 3.05) is 32.8 Å². The number of likely N-dealkylation sites (tertiary alicyclic amines) is 1. The van der Waals surface area contributed by atoms with Crippen LogP contribution >= 0.6 is 0 Å². The van der Waals surface area contributed by atoms with E-state index >= 15 is 0 Å². The number of aromatic nitrogens is 2. The van der Waals surface area contributed by atoms with Crippen LogP contribution in [0.5, 0.6) is 0 Å². The minimum absolute atomic E-state index is 0.206. The molecule has 1 saturated carbocycles. The number of amides is 2. The summed E-state index contributed by atoms with van der Waals surface area (Å²) in [4.78, 5) is 36.5. The van der Waals surface area contributed by atoms with Crippen LogP contribution in [0.1, 0.15) is 41.1 Å². The molecule has 4 N–H and O–H groups in total. The molecule has 1 aromatic heterocycles. The Hall–Kier alpha value is -3.73. The molecule has 2 fully saturated rings. The monoisotopic (exact) mass is 547 g/mol. The first kappa shape index (κ1) is 27.8. The lowest BCUT2D eigenvalue weighted by Gasteiger charge is -2.49. The van der Waals surface area contributed by atoms with E-state index in [1.807, 2.05) is 12.1 Å². The molecule has 10 heteroatoms. The summed E-state index contributed by atoms with van der Waals surface area (Å²) in [6.07, 6.45) is 5.37. The normalized spacial score (nSPS) is 19.9. The Morgan fingerprint density at radius 1 is 1.02 bits per heavy atom. The number of rotatable bonds is 12. The molecule has 0 bridgehead atoms. The van der Waals surface area contributed by atoms with Gasteiger partial charge < -0.3 is 25.7 Å². The van der Waals surface area contributed by atoms with Gasteiger partial charge in [0.25, 0.3) is 5.91 Å². The van der Waals surface area contributed by atoms with Crippen molar-refractivity contribution >= 4 is 11.8 Å². The second-order valence-corrected chi connectivity index (χ2v) is 10.8. The summed E-state index contributed by atoms with van der Waals surface area (Å²) in [6.45, 7) is 0.753. The molecule has 5 rings (SSSR count). The number of halogens is 1. The van der Waals surface area contributed by atoms with E-state index in [0.29, 0.717) is 42.7 Å². The molecule has 0 unspecified atom stereocenters. The lowest BCUT2D eigenvalue weighted by molar-refractivity contribution is -0.152. The van der Waals surface area contributed by atoms with Crippen LogP contribution in [0.2, 0.25) is 0 Å². The Bertz CT molecular complexity index is 1290. The van der Waals surface area contributed by atoms with Gasteiger partial charge in [-0.1, -0.05) is 24.3 Å². The summed E-state index contributed by atoms with van der Waals surface area (Å²) >= 11 is 0. The van der Waals surface area contributed by atoms with Gasteiger partial charge in [0.15, 0.2) is 5.82 Å². The number of nitrogens with one attached hydrogen (secondary N) is 2. The Morgan fingerprint density at radius 2 is 1.70 bits per heavy atom. The van der Waals surface area contributed by atoms with Crippen molar-refractivity contribution in [3.8, 4) is 11.4 Å². The Balaban J connectivity index is 1.18. The van der Waals surface area contributed by atoms with E-state index in [0.717, 1.165) is 17.5 Å². The summed E-state index contributed by atoms with van der Waals surface area (Å²) in [5, 5.41) is 25.6. The molecule has 40 heavy (non-hydrogen) atoms. The highest BCUT2D eigenvalue weighted by Gasteiger charge is 2.46. The van der Waals surface area contributed by atoms with E-state index in [2.05, 4.69) is 20.6 Å². The lowest BCUT2D eigenvalue weighted by Crippen LogP contribution is -2.65. The number of hydrogen-bond donors (Lipinski definition) is 4. The third-order valence-electron chi connectivity index (χ3n) is 7.77. The van der Waals surface area contributed by atoms with Crippen LogP contribution in [0.25, 0.3) is 11.4 Å². The average molecular weight is 548 g/mol. The van der Waals surface area contributed by atoms with Gasteiger partial charge in [0.2, 0.25) is 5.91 Å². The molecule has 2 aromatic carbocycles. The fraction of sp³-hybridized carbons (Fsp3) is 0.400. The van der Waals surface area contributed by atoms with Crippen LogP contribution in [-0.2, 0) is 4.79 Å². The topological polar surface area (TPSA) is 128 Å². The third-order valence-corrected chi connectivity index (χ3v) is 7.77.